The average Bonchev–Trinajstić information content (AvgIpc) is 2.65. The zero-order chi connectivity index (χ0) is 20.7. The van der Waals surface area contributed by atoms with E-state index in [0.717, 1.165) is 6.42 Å². The largest absolute Gasteiger partial charge is 0.493 e. The van der Waals surface area contributed by atoms with Crippen LogP contribution in [0.1, 0.15) is 38.8 Å². The van der Waals surface area contributed by atoms with Crippen molar-refractivity contribution in [2.24, 2.45) is 5.92 Å². The van der Waals surface area contributed by atoms with Crippen molar-refractivity contribution in [2.45, 2.75) is 33.2 Å². The number of allylic oxidation sites excluding steroid dienone is 1. The lowest BCUT2D eigenvalue weighted by Gasteiger charge is -2.28. The second-order valence-corrected chi connectivity index (χ2v) is 6.90. The average molecular weight is 388 g/mol. The predicted octanol–water partition coefficient (Wildman–Crippen LogP) is 3.48. The van der Waals surface area contributed by atoms with E-state index in [1.165, 1.54) is 6.08 Å². The van der Waals surface area contributed by atoms with Gasteiger partial charge < -0.3 is 24.8 Å². The van der Waals surface area contributed by atoms with Crippen LogP contribution in [-0.4, -0.2) is 32.3 Å². The molecule has 0 aliphatic carbocycles. The minimum absolute atomic E-state index is 0.0855. The zero-order valence-corrected chi connectivity index (χ0v) is 16.8. The summed E-state index contributed by atoms with van der Waals surface area (Å²) in [5.74, 6) is 1.16. The van der Waals surface area contributed by atoms with Gasteiger partial charge in [0, 0.05) is 5.70 Å². The monoisotopic (exact) mass is 388 g/mol. The van der Waals surface area contributed by atoms with Crippen LogP contribution in [-0.2, 0) is 9.53 Å². The van der Waals surface area contributed by atoms with Gasteiger partial charge in [0.25, 0.3) is 0 Å². The summed E-state index contributed by atoms with van der Waals surface area (Å²) in [6, 6.07) is 4.29. The van der Waals surface area contributed by atoms with Gasteiger partial charge >= 0.3 is 12.0 Å². The lowest BCUT2D eigenvalue weighted by atomic mass is 9.95. The maximum atomic E-state index is 12.5. The van der Waals surface area contributed by atoms with Gasteiger partial charge in [-0.2, -0.15) is 0 Å². The van der Waals surface area contributed by atoms with Crippen LogP contribution in [0.5, 0.6) is 11.5 Å². The third-order valence-electron chi connectivity index (χ3n) is 4.30. The fourth-order valence-electron chi connectivity index (χ4n) is 2.81. The Balaban J connectivity index is 2.32. The van der Waals surface area contributed by atoms with Gasteiger partial charge in [-0.05, 0) is 37.0 Å². The molecule has 0 fully saturated rings. The first-order valence-corrected chi connectivity index (χ1v) is 9.24. The van der Waals surface area contributed by atoms with Crippen LogP contribution in [0.4, 0.5) is 4.79 Å². The van der Waals surface area contributed by atoms with Crippen LogP contribution < -0.4 is 20.1 Å². The highest BCUT2D eigenvalue weighted by molar-refractivity contribution is 5.95. The fraction of sp³-hybridized carbons (Fsp3) is 0.429. The maximum Gasteiger partial charge on any atom is 0.338 e. The third-order valence-corrected chi connectivity index (χ3v) is 4.30. The van der Waals surface area contributed by atoms with Crippen LogP contribution in [0.3, 0.4) is 0 Å². The minimum atomic E-state index is -0.662. The second-order valence-electron chi connectivity index (χ2n) is 6.90. The van der Waals surface area contributed by atoms with Crippen molar-refractivity contribution in [2.75, 3.05) is 20.3 Å². The number of ether oxygens (including phenoxy) is 3. The first kappa shape index (κ1) is 21.3. The van der Waals surface area contributed by atoms with Crippen LogP contribution in [0, 0.1) is 5.92 Å². The summed E-state index contributed by atoms with van der Waals surface area (Å²) in [5.41, 5.74) is 1.46. The number of hydrogen-bond donors (Lipinski definition) is 2. The Kier molecular flexibility index (Phi) is 7.49. The number of hydrogen-bond acceptors (Lipinski definition) is 5. The lowest BCUT2D eigenvalue weighted by Crippen LogP contribution is -2.45. The Labute approximate surface area is 165 Å². The molecule has 0 radical (unpaired) electrons. The highest BCUT2D eigenvalue weighted by Gasteiger charge is 2.32. The predicted molar refractivity (Wildman–Crippen MR) is 106 cm³/mol. The fourth-order valence-corrected chi connectivity index (χ4v) is 2.81. The number of carbonyl (C=O) groups is 2. The molecule has 2 rings (SSSR count). The Bertz CT molecular complexity index is 770. The molecular weight excluding hydrogens is 360 g/mol. The number of carbonyl (C=O) groups excluding carboxylic acids is 2. The van der Waals surface area contributed by atoms with E-state index in [1.54, 1.807) is 32.2 Å². The van der Waals surface area contributed by atoms with E-state index in [-0.39, 0.29) is 12.6 Å². The van der Waals surface area contributed by atoms with Crippen LogP contribution in [0.15, 0.2) is 42.1 Å². The molecule has 0 spiro atoms. The number of amides is 2. The first-order valence-electron chi connectivity index (χ1n) is 9.24. The summed E-state index contributed by atoms with van der Waals surface area (Å²) >= 11 is 0. The molecule has 7 nitrogen and oxygen atoms in total. The third kappa shape index (κ3) is 5.28. The SMILES string of the molecule is C=CCOC(=O)C1=C(C)NC(=O)N[C@H]1c1ccc(OCCC(C)C)c(OC)c1. The van der Waals surface area contributed by atoms with Gasteiger partial charge in [0.1, 0.15) is 6.61 Å². The molecule has 0 bridgehead atoms. The molecule has 2 N–H and O–H groups in total. The molecule has 1 aliphatic heterocycles. The van der Waals surface area contributed by atoms with E-state index in [2.05, 4.69) is 31.1 Å². The van der Waals surface area contributed by atoms with E-state index >= 15 is 0 Å². The van der Waals surface area contributed by atoms with Crippen LogP contribution >= 0.6 is 0 Å². The number of urea groups is 1. The van der Waals surface area contributed by atoms with Gasteiger partial charge in [0.05, 0.1) is 25.3 Å². The molecule has 1 aliphatic rings. The van der Waals surface area contributed by atoms with Gasteiger partial charge in [0.15, 0.2) is 11.5 Å². The summed E-state index contributed by atoms with van der Waals surface area (Å²) in [4.78, 5) is 24.5. The molecule has 1 aromatic carbocycles. The standard InChI is InChI=1S/C21H28N2O5/c1-6-10-28-20(24)18-14(4)22-21(25)23-19(18)15-7-8-16(17(12-15)26-5)27-11-9-13(2)3/h6-8,12-13,19H,1,9-11H2,2-5H3,(H2,22,23,25)/t19-/m0/s1. The van der Waals surface area contributed by atoms with Crippen molar-refractivity contribution in [1.82, 2.24) is 10.6 Å². The van der Waals surface area contributed by atoms with Crippen molar-refractivity contribution < 1.29 is 23.8 Å². The quantitative estimate of drug-likeness (QED) is 0.500. The molecule has 1 atom stereocenters. The molecular formula is C21H28N2O5. The first-order chi connectivity index (χ1) is 13.4. The smallest absolute Gasteiger partial charge is 0.338 e. The van der Waals surface area contributed by atoms with Gasteiger partial charge in [-0.1, -0.05) is 32.6 Å². The molecule has 1 heterocycles. The highest BCUT2D eigenvalue weighted by Crippen LogP contribution is 2.34. The Morgan fingerprint density at radius 2 is 2.07 bits per heavy atom. The van der Waals surface area contributed by atoms with E-state index in [4.69, 9.17) is 14.2 Å². The van der Waals surface area contributed by atoms with E-state index < -0.39 is 12.0 Å². The molecule has 1 aromatic rings. The Morgan fingerprint density at radius 1 is 1.32 bits per heavy atom. The molecule has 2 amide bonds. The van der Waals surface area contributed by atoms with Crippen molar-refractivity contribution in [3.05, 3.63) is 47.7 Å². The Morgan fingerprint density at radius 3 is 2.71 bits per heavy atom. The minimum Gasteiger partial charge on any atom is -0.493 e. The van der Waals surface area contributed by atoms with Gasteiger partial charge in [-0.25, -0.2) is 9.59 Å². The summed E-state index contributed by atoms with van der Waals surface area (Å²) in [5, 5.41) is 5.38. The van der Waals surface area contributed by atoms with E-state index in [0.29, 0.717) is 40.9 Å². The summed E-state index contributed by atoms with van der Waals surface area (Å²) in [6.07, 6.45) is 2.42. The summed E-state index contributed by atoms with van der Waals surface area (Å²) < 4.78 is 16.4. The zero-order valence-electron chi connectivity index (χ0n) is 16.8. The van der Waals surface area contributed by atoms with E-state index in [9.17, 15) is 9.59 Å². The second kappa shape index (κ2) is 9.82. The van der Waals surface area contributed by atoms with Gasteiger partial charge in [-0.15, -0.1) is 0 Å². The molecule has 7 heteroatoms. The number of nitrogens with one attached hydrogen (secondary N) is 2. The molecule has 0 saturated heterocycles. The Hall–Kier alpha value is -2.96. The number of rotatable bonds is 9. The highest BCUT2D eigenvalue weighted by atomic mass is 16.5. The molecule has 0 unspecified atom stereocenters. The normalized spacial score (nSPS) is 16.3. The molecule has 28 heavy (non-hydrogen) atoms. The topological polar surface area (TPSA) is 85.9 Å². The van der Waals surface area contributed by atoms with Crippen LogP contribution in [0.2, 0.25) is 0 Å². The lowest BCUT2D eigenvalue weighted by molar-refractivity contribution is -0.138. The molecule has 0 aromatic heterocycles. The van der Waals surface area contributed by atoms with E-state index in [1.807, 2.05) is 0 Å². The molecule has 152 valence electrons. The number of benzene rings is 1. The summed E-state index contributed by atoms with van der Waals surface area (Å²) in [6.45, 7) is 10.1. The van der Waals surface area contributed by atoms with Crippen molar-refractivity contribution >= 4 is 12.0 Å². The van der Waals surface area contributed by atoms with Crippen molar-refractivity contribution in [3.8, 4) is 11.5 Å². The summed E-state index contributed by atoms with van der Waals surface area (Å²) in [7, 11) is 1.55. The van der Waals surface area contributed by atoms with Gasteiger partial charge in [-0.3, -0.25) is 0 Å². The number of esters is 1. The van der Waals surface area contributed by atoms with Crippen molar-refractivity contribution in [1.29, 1.82) is 0 Å². The maximum absolute atomic E-state index is 12.5. The molecule has 0 saturated carbocycles. The van der Waals surface area contributed by atoms with Crippen LogP contribution in [0.25, 0.3) is 0 Å². The van der Waals surface area contributed by atoms with Gasteiger partial charge in [0.2, 0.25) is 0 Å². The number of methoxy groups -OCH3 is 1. The van der Waals surface area contributed by atoms with Crippen molar-refractivity contribution in [3.63, 3.8) is 0 Å².